The van der Waals surface area contributed by atoms with Crippen molar-refractivity contribution in [2.75, 3.05) is 0 Å². The van der Waals surface area contributed by atoms with E-state index < -0.39 is 63.3 Å². The Morgan fingerprint density at radius 2 is 1.84 bits per heavy atom. The number of hydrogen-bond acceptors (Lipinski definition) is 6. The van der Waals surface area contributed by atoms with Crippen molar-refractivity contribution >= 4 is 27.3 Å². The van der Waals surface area contributed by atoms with Crippen LogP contribution in [0.15, 0.2) is 47.6 Å². The lowest BCUT2D eigenvalue weighted by molar-refractivity contribution is -0.134. The molecule has 7 nitrogen and oxygen atoms in total. The number of thiazole rings is 1. The summed E-state index contributed by atoms with van der Waals surface area (Å²) in [6.45, 7) is 0.950. The van der Waals surface area contributed by atoms with E-state index in [1.54, 1.807) is 0 Å². The van der Waals surface area contributed by atoms with Gasteiger partial charge in [-0.2, -0.15) is 17.5 Å². The highest BCUT2D eigenvalue weighted by molar-refractivity contribution is 7.89. The van der Waals surface area contributed by atoms with Gasteiger partial charge in [0.15, 0.2) is 5.82 Å². The first kappa shape index (κ1) is 27.0. The van der Waals surface area contributed by atoms with Gasteiger partial charge in [0.05, 0.1) is 35.6 Å². The molecule has 1 aliphatic rings. The Labute approximate surface area is 211 Å². The molecular formula is C22H18F6N4O3S2. The zero-order valence-corrected chi connectivity index (χ0v) is 20.5. The van der Waals surface area contributed by atoms with E-state index in [0.717, 1.165) is 40.8 Å². The largest absolute Gasteiger partial charge is 0.427 e. The average molecular weight is 565 g/mol. The second-order valence-electron chi connectivity index (χ2n) is 8.20. The third-order valence-corrected chi connectivity index (χ3v) is 8.83. The molecule has 0 aliphatic carbocycles. The number of pyridine rings is 1. The smallest absolute Gasteiger partial charge is 0.349 e. The van der Waals surface area contributed by atoms with Crippen LogP contribution in [0.25, 0.3) is 10.6 Å². The molecular weight excluding hydrogens is 546 g/mol. The zero-order valence-electron chi connectivity index (χ0n) is 18.8. The molecule has 2 aromatic heterocycles. The van der Waals surface area contributed by atoms with Gasteiger partial charge in [-0.3, -0.25) is 9.78 Å². The highest BCUT2D eigenvalue weighted by atomic mass is 32.2. The number of nitrogens with zero attached hydrogens (tertiary/aromatic N) is 3. The van der Waals surface area contributed by atoms with Gasteiger partial charge in [0, 0.05) is 12.0 Å². The molecule has 1 aliphatic heterocycles. The minimum Gasteiger partial charge on any atom is -0.349 e. The number of carbonyl (C=O) groups is 1. The normalized spacial score (nSPS) is 20.8. The van der Waals surface area contributed by atoms with Crippen molar-refractivity contribution in [3.63, 3.8) is 0 Å². The number of sulfonamides is 1. The van der Waals surface area contributed by atoms with Gasteiger partial charge in [-0.25, -0.2) is 26.6 Å². The van der Waals surface area contributed by atoms with E-state index >= 15 is 0 Å². The summed E-state index contributed by atoms with van der Waals surface area (Å²) in [5.74, 6) is -2.47. The maximum Gasteiger partial charge on any atom is 0.427 e. The molecule has 0 spiro atoms. The Hall–Kier alpha value is -3.04. The minimum absolute atomic E-state index is 0.0456. The minimum atomic E-state index is -4.65. The van der Waals surface area contributed by atoms with Crippen LogP contribution in [0.5, 0.6) is 0 Å². The van der Waals surface area contributed by atoms with E-state index in [4.69, 9.17) is 0 Å². The second kappa shape index (κ2) is 10.0. The first-order valence-corrected chi connectivity index (χ1v) is 12.9. The lowest BCUT2D eigenvalue weighted by Gasteiger charge is -2.26. The predicted molar refractivity (Wildman–Crippen MR) is 120 cm³/mol. The first-order chi connectivity index (χ1) is 17.3. The number of halogens is 6. The Bertz CT molecular complexity index is 1410. The monoisotopic (exact) mass is 564 g/mol. The van der Waals surface area contributed by atoms with Gasteiger partial charge in [-0.1, -0.05) is 0 Å². The van der Waals surface area contributed by atoms with Gasteiger partial charge in [0.2, 0.25) is 15.9 Å². The summed E-state index contributed by atoms with van der Waals surface area (Å²) in [5, 5.41) is 2.17. The lowest BCUT2D eigenvalue weighted by atomic mass is 10.1. The van der Waals surface area contributed by atoms with Gasteiger partial charge < -0.3 is 5.32 Å². The molecule has 1 amide bonds. The zero-order chi connectivity index (χ0) is 27.1. The summed E-state index contributed by atoms with van der Waals surface area (Å²) >= 11 is 0.233. The number of rotatable bonds is 6. The van der Waals surface area contributed by atoms with E-state index in [9.17, 15) is 39.6 Å². The summed E-state index contributed by atoms with van der Waals surface area (Å²) in [7, 11) is -4.37. The summed E-state index contributed by atoms with van der Waals surface area (Å²) in [5.41, 5.74) is -0.220. The molecule has 0 bridgehead atoms. The van der Waals surface area contributed by atoms with E-state index in [2.05, 4.69) is 15.3 Å². The van der Waals surface area contributed by atoms with Crippen LogP contribution in [0.4, 0.5) is 26.3 Å². The highest BCUT2D eigenvalue weighted by Crippen LogP contribution is 2.37. The molecule has 3 atom stereocenters. The van der Waals surface area contributed by atoms with Crippen molar-refractivity contribution in [2.45, 2.75) is 49.2 Å². The van der Waals surface area contributed by atoms with Crippen LogP contribution in [0, 0.1) is 11.6 Å². The molecule has 4 rings (SSSR count). The molecule has 0 radical (unpaired) electrons. The van der Waals surface area contributed by atoms with Crippen molar-refractivity contribution in [1.29, 1.82) is 0 Å². The third kappa shape index (κ3) is 5.48. The van der Waals surface area contributed by atoms with E-state index in [0.29, 0.717) is 6.20 Å². The first-order valence-electron chi connectivity index (χ1n) is 10.7. The molecule has 1 aromatic carbocycles. The Morgan fingerprint density at radius 1 is 1.16 bits per heavy atom. The van der Waals surface area contributed by atoms with Gasteiger partial charge in [-0.05, 0) is 37.3 Å². The lowest BCUT2D eigenvalue weighted by Crippen LogP contribution is -2.48. The Kier molecular flexibility index (Phi) is 7.32. The van der Waals surface area contributed by atoms with Crippen molar-refractivity contribution in [1.82, 2.24) is 19.6 Å². The summed E-state index contributed by atoms with van der Waals surface area (Å²) < 4.78 is 108. The van der Waals surface area contributed by atoms with E-state index in [-0.39, 0.29) is 39.0 Å². The number of aromatic nitrogens is 2. The molecule has 0 saturated carbocycles. The number of hydrogen-bond donors (Lipinski definition) is 1. The fraction of sp³-hybridized carbons (Fsp3) is 0.318. The van der Waals surface area contributed by atoms with Crippen LogP contribution in [-0.4, -0.2) is 46.9 Å². The number of nitrogens with one attached hydrogen (secondary N) is 1. The molecule has 3 unspecified atom stereocenters. The standard InChI is InChI=1S/C22H18F6N4O3S2/c1-11-16(24)7-18(32(11)37(34,35)14-4-2-12(23)3-5-14)20(33)30-8-13-6-15(17(25)9-29-13)21-31-10-19(36-21)22(26,27)28/h2-6,9-11,16,18H,7-8H2,1H3,(H,30,33). The predicted octanol–water partition coefficient (Wildman–Crippen LogP) is 4.31. The number of alkyl halides is 4. The van der Waals surface area contributed by atoms with E-state index in [1.165, 1.54) is 6.92 Å². The molecule has 3 aromatic rings. The number of amides is 1. The molecule has 1 saturated heterocycles. The maximum absolute atomic E-state index is 14.5. The number of benzene rings is 1. The van der Waals surface area contributed by atoms with Gasteiger partial charge in [0.25, 0.3) is 0 Å². The van der Waals surface area contributed by atoms with Gasteiger partial charge >= 0.3 is 6.18 Å². The van der Waals surface area contributed by atoms with Crippen LogP contribution < -0.4 is 5.32 Å². The Morgan fingerprint density at radius 3 is 2.46 bits per heavy atom. The molecule has 198 valence electrons. The Balaban J connectivity index is 1.53. The van der Waals surface area contributed by atoms with Crippen molar-refractivity contribution in [3.8, 4) is 10.6 Å². The SMILES string of the molecule is CC1C(F)CC(C(=O)NCc2cc(-c3ncc(C(F)(F)F)s3)c(F)cn2)N1S(=O)(=O)c1ccc(F)cc1. The van der Waals surface area contributed by atoms with Crippen molar-refractivity contribution in [2.24, 2.45) is 0 Å². The molecule has 3 heterocycles. The fourth-order valence-corrected chi connectivity index (χ4v) is 6.47. The quantitative estimate of drug-likeness (QED) is 0.451. The third-order valence-electron chi connectivity index (χ3n) is 5.74. The second-order valence-corrected chi connectivity index (χ2v) is 11.1. The summed E-state index contributed by atoms with van der Waals surface area (Å²) in [4.78, 5) is 19.0. The van der Waals surface area contributed by atoms with Crippen LogP contribution in [0.2, 0.25) is 0 Å². The van der Waals surface area contributed by atoms with Crippen molar-refractivity contribution in [3.05, 3.63) is 64.9 Å². The van der Waals surface area contributed by atoms with Crippen LogP contribution in [0.1, 0.15) is 23.9 Å². The van der Waals surface area contributed by atoms with Crippen molar-refractivity contribution < 1.29 is 39.6 Å². The summed E-state index contributed by atoms with van der Waals surface area (Å²) in [6, 6.07) is 2.34. The molecule has 1 fully saturated rings. The summed E-state index contributed by atoms with van der Waals surface area (Å²) in [6.07, 6.45) is -5.41. The number of carbonyl (C=O) groups excluding carboxylic acids is 1. The van der Waals surface area contributed by atoms with Gasteiger partial charge in [-0.15, -0.1) is 11.3 Å². The maximum atomic E-state index is 14.5. The van der Waals surface area contributed by atoms with Crippen LogP contribution in [-0.2, 0) is 27.5 Å². The van der Waals surface area contributed by atoms with Gasteiger partial charge in [0.1, 0.15) is 27.9 Å². The van der Waals surface area contributed by atoms with Crippen LogP contribution >= 0.6 is 11.3 Å². The average Bonchev–Trinajstić information content (AvgIpc) is 3.44. The molecule has 37 heavy (non-hydrogen) atoms. The van der Waals surface area contributed by atoms with Crippen LogP contribution in [0.3, 0.4) is 0 Å². The van der Waals surface area contributed by atoms with E-state index in [1.807, 2.05) is 0 Å². The fourth-order valence-electron chi connectivity index (χ4n) is 3.86. The topological polar surface area (TPSA) is 92.3 Å². The molecule has 1 N–H and O–H groups in total. The highest BCUT2D eigenvalue weighted by Gasteiger charge is 2.49. The molecule has 15 heteroatoms.